The number of carbonyl (C=O) groups is 3. The van der Waals surface area contributed by atoms with Gasteiger partial charge in [-0.1, -0.05) is 6.58 Å². The molecule has 2 N–H and O–H groups in total. The summed E-state index contributed by atoms with van der Waals surface area (Å²) in [5.41, 5.74) is 0. The lowest BCUT2D eigenvalue weighted by Crippen LogP contribution is -2.31. The Labute approximate surface area is 270 Å². The SMILES string of the molecule is C=CC(=O)OCCOCCOCCOCCOCCOCCOCCOCCOCCOCCOCCNC(=O)COCC(=O)O. The number of hydrogen-bond acceptors (Lipinski definition) is 15. The summed E-state index contributed by atoms with van der Waals surface area (Å²) in [6.07, 6.45) is 1.11. The first kappa shape index (κ1) is 43.7. The van der Waals surface area contributed by atoms with Crippen molar-refractivity contribution in [3.63, 3.8) is 0 Å². The third-order valence-electron chi connectivity index (χ3n) is 5.01. The van der Waals surface area contributed by atoms with E-state index in [0.717, 1.165) is 6.08 Å². The van der Waals surface area contributed by atoms with Crippen LogP contribution in [0.2, 0.25) is 0 Å². The Morgan fingerprint density at radius 2 is 0.761 bits per heavy atom. The summed E-state index contributed by atoms with van der Waals surface area (Å²) < 4.78 is 63.3. The molecule has 0 aliphatic carbocycles. The highest BCUT2D eigenvalue weighted by Crippen LogP contribution is 1.87. The second kappa shape index (κ2) is 37.2. The molecule has 0 saturated carbocycles. The topological polar surface area (TPSA) is 194 Å². The molecule has 0 radical (unpaired) electrons. The summed E-state index contributed by atoms with van der Waals surface area (Å²) in [4.78, 5) is 32.5. The van der Waals surface area contributed by atoms with E-state index in [1.165, 1.54) is 0 Å². The third-order valence-corrected chi connectivity index (χ3v) is 5.01. The predicted molar refractivity (Wildman–Crippen MR) is 161 cm³/mol. The van der Waals surface area contributed by atoms with Crippen molar-refractivity contribution in [3.8, 4) is 0 Å². The number of carboxylic acids is 1. The van der Waals surface area contributed by atoms with Gasteiger partial charge in [0, 0.05) is 12.6 Å². The lowest BCUT2D eigenvalue weighted by molar-refractivity contribution is -0.143. The zero-order valence-corrected chi connectivity index (χ0v) is 26.8. The van der Waals surface area contributed by atoms with Gasteiger partial charge in [-0.05, 0) is 0 Å². The highest BCUT2D eigenvalue weighted by atomic mass is 16.6. The Morgan fingerprint density at radius 3 is 1.07 bits per heavy atom. The maximum Gasteiger partial charge on any atom is 0.330 e. The molecule has 0 atom stereocenters. The average molecular weight is 672 g/mol. The van der Waals surface area contributed by atoms with Crippen LogP contribution in [0.1, 0.15) is 0 Å². The molecule has 0 spiro atoms. The zero-order chi connectivity index (χ0) is 33.6. The smallest absolute Gasteiger partial charge is 0.330 e. The van der Waals surface area contributed by atoms with Crippen molar-refractivity contribution in [1.82, 2.24) is 5.32 Å². The summed E-state index contributed by atoms with van der Waals surface area (Å²) >= 11 is 0. The summed E-state index contributed by atoms with van der Waals surface area (Å²) in [7, 11) is 0. The van der Waals surface area contributed by atoms with Crippen molar-refractivity contribution in [3.05, 3.63) is 12.7 Å². The van der Waals surface area contributed by atoms with Gasteiger partial charge in [-0.25, -0.2) is 9.59 Å². The third kappa shape index (κ3) is 37.9. The minimum atomic E-state index is -1.13. The molecule has 0 unspecified atom stereocenters. The molecule has 46 heavy (non-hydrogen) atoms. The van der Waals surface area contributed by atoms with Gasteiger partial charge < -0.3 is 67.3 Å². The lowest BCUT2D eigenvalue weighted by Gasteiger charge is -2.09. The first-order chi connectivity index (χ1) is 22.6. The Hall–Kier alpha value is -2.29. The van der Waals surface area contributed by atoms with Gasteiger partial charge in [-0.15, -0.1) is 0 Å². The molecule has 0 bridgehead atoms. The number of aliphatic carboxylic acids is 1. The van der Waals surface area contributed by atoms with Crippen molar-refractivity contribution in [2.75, 3.05) is 159 Å². The molecular formula is C29H53NO16. The molecule has 17 nitrogen and oxygen atoms in total. The molecule has 270 valence electrons. The van der Waals surface area contributed by atoms with Crippen molar-refractivity contribution in [2.45, 2.75) is 0 Å². The first-order valence-corrected chi connectivity index (χ1v) is 15.2. The van der Waals surface area contributed by atoms with E-state index in [1.807, 2.05) is 0 Å². The number of ether oxygens (including phenoxy) is 12. The lowest BCUT2D eigenvalue weighted by atomic mass is 10.6. The van der Waals surface area contributed by atoms with Gasteiger partial charge in [0.15, 0.2) is 0 Å². The second-order valence-electron chi connectivity index (χ2n) is 8.73. The van der Waals surface area contributed by atoms with Crippen LogP contribution in [-0.4, -0.2) is 181 Å². The standard InChI is InChI=1S/C29H53NO16/c1-2-29(34)46-24-23-44-22-21-43-20-19-42-18-17-41-16-15-40-14-13-39-12-11-38-10-9-37-8-7-36-6-5-35-4-3-30-27(31)25-45-26-28(32)33/h2H,1,3-26H2,(H,30,31)(H,32,33). The van der Waals surface area contributed by atoms with Gasteiger partial charge in [-0.3, -0.25) is 4.79 Å². The van der Waals surface area contributed by atoms with E-state index in [9.17, 15) is 14.4 Å². The molecule has 0 fully saturated rings. The van der Waals surface area contributed by atoms with Gasteiger partial charge in [0.2, 0.25) is 5.91 Å². The maximum atomic E-state index is 11.3. The largest absolute Gasteiger partial charge is 0.480 e. The number of rotatable bonds is 38. The molecule has 0 aromatic carbocycles. The summed E-state index contributed by atoms with van der Waals surface area (Å²) in [5.74, 6) is -2.00. The fourth-order valence-electron chi connectivity index (χ4n) is 2.89. The van der Waals surface area contributed by atoms with Crippen LogP contribution in [0.3, 0.4) is 0 Å². The minimum absolute atomic E-state index is 0.188. The van der Waals surface area contributed by atoms with Gasteiger partial charge >= 0.3 is 11.9 Å². The molecular weight excluding hydrogens is 618 g/mol. The van der Waals surface area contributed by atoms with E-state index < -0.39 is 24.5 Å². The van der Waals surface area contributed by atoms with E-state index in [0.29, 0.717) is 139 Å². The van der Waals surface area contributed by atoms with Crippen LogP contribution in [0, 0.1) is 0 Å². The van der Waals surface area contributed by atoms with E-state index in [4.69, 9.17) is 57.2 Å². The summed E-state index contributed by atoms with van der Waals surface area (Å²) in [6, 6.07) is 0. The van der Waals surface area contributed by atoms with Crippen LogP contribution >= 0.6 is 0 Å². The number of hydrogen-bond donors (Lipinski definition) is 2. The van der Waals surface area contributed by atoms with E-state index in [1.54, 1.807) is 0 Å². The average Bonchev–Trinajstić information content (AvgIpc) is 3.04. The van der Waals surface area contributed by atoms with E-state index in [2.05, 4.69) is 16.6 Å². The van der Waals surface area contributed by atoms with E-state index in [-0.39, 0.29) is 13.2 Å². The van der Waals surface area contributed by atoms with Crippen LogP contribution < -0.4 is 5.32 Å². The normalized spacial score (nSPS) is 11.0. The highest BCUT2D eigenvalue weighted by Gasteiger charge is 2.03. The van der Waals surface area contributed by atoms with Crippen molar-refractivity contribution < 1.29 is 76.3 Å². The van der Waals surface area contributed by atoms with Crippen LogP contribution in [0.15, 0.2) is 12.7 Å². The van der Waals surface area contributed by atoms with Gasteiger partial charge in [0.05, 0.1) is 132 Å². The molecule has 0 rings (SSSR count). The number of amides is 1. The number of carboxylic acid groups (broad SMARTS) is 1. The monoisotopic (exact) mass is 671 g/mol. The molecule has 0 aromatic rings. The summed E-state index contributed by atoms with van der Waals surface area (Å²) in [6.45, 7) is 11.6. The van der Waals surface area contributed by atoms with Crippen LogP contribution in [0.25, 0.3) is 0 Å². The van der Waals surface area contributed by atoms with Crippen LogP contribution in [0.4, 0.5) is 0 Å². The first-order valence-electron chi connectivity index (χ1n) is 15.2. The Balaban J connectivity index is 3.10. The number of nitrogens with one attached hydrogen (secondary N) is 1. The van der Waals surface area contributed by atoms with Gasteiger partial charge in [0.25, 0.3) is 0 Å². The fourth-order valence-corrected chi connectivity index (χ4v) is 2.89. The fraction of sp³-hybridized carbons (Fsp3) is 0.828. The van der Waals surface area contributed by atoms with Gasteiger partial charge in [-0.2, -0.15) is 0 Å². The zero-order valence-electron chi connectivity index (χ0n) is 26.8. The second-order valence-corrected chi connectivity index (χ2v) is 8.73. The van der Waals surface area contributed by atoms with Crippen LogP contribution in [0.5, 0.6) is 0 Å². The Morgan fingerprint density at radius 1 is 0.457 bits per heavy atom. The molecule has 0 heterocycles. The molecule has 1 amide bonds. The molecule has 17 heteroatoms. The van der Waals surface area contributed by atoms with E-state index >= 15 is 0 Å². The van der Waals surface area contributed by atoms with Gasteiger partial charge in [0.1, 0.15) is 19.8 Å². The van der Waals surface area contributed by atoms with Crippen molar-refractivity contribution in [1.29, 1.82) is 0 Å². The Bertz CT molecular complexity index is 715. The van der Waals surface area contributed by atoms with Crippen LogP contribution in [-0.2, 0) is 71.2 Å². The number of esters is 1. The molecule has 0 aliphatic rings. The van der Waals surface area contributed by atoms with Crippen molar-refractivity contribution in [2.24, 2.45) is 0 Å². The minimum Gasteiger partial charge on any atom is -0.480 e. The Kier molecular flexibility index (Phi) is 35.3. The molecule has 0 aliphatic heterocycles. The van der Waals surface area contributed by atoms with Crippen molar-refractivity contribution >= 4 is 17.8 Å². The summed E-state index contributed by atoms with van der Waals surface area (Å²) in [5, 5.41) is 11.0. The predicted octanol–water partition coefficient (Wildman–Crippen LogP) is -0.901. The quantitative estimate of drug-likeness (QED) is 0.0465. The number of carbonyl (C=O) groups excluding carboxylic acids is 2. The molecule has 0 aromatic heterocycles. The highest BCUT2D eigenvalue weighted by molar-refractivity contribution is 5.81. The molecule has 0 saturated heterocycles. The maximum absolute atomic E-state index is 11.3.